The monoisotopic (exact) mass is 335 g/mol. The van der Waals surface area contributed by atoms with Crippen molar-refractivity contribution in [2.75, 3.05) is 20.8 Å². The number of rotatable bonds is 8. The third-order valence-electron chi connectivity index (χ3n) is 3.38. The number of methoxy groups -OCH3 is 2. The van der Waals surface area contributed by atoms with E-state index in [1.807, 2.05) is 36.4 Å². The summed E-state index contributed by atoms with van der Waals surface area (Å²) in [6.07, 6.45) is 0.578. The van der Waals surface area contributed by atoms with Crippen LogP contribution in [-0.2, 0) is 22.2 Å². The molecule has 0 heterocycles. The molecule has 0 amide bonds. The minimum absolute atomic E-state index is 0.0141. The first-order chi connectivity index (χ1) is 11.0. The van der Waals surface area contributed by atoms with Gasteiger partial charge in [0.05, 0.1) is 20.0 Å². The third kappa shape index (κ3) is 5.26. The molecule has 23 heavy (non-hydrogen) atoms. The first-order valence-electron chi connectivity index (χ1n) is 7.26. The van der Waals surface area contributed by atoms with Crippen LogP contribution in [0.5, 0.6) is 11.5 Å². The van der Waals surface area contributed by atoms with Crippen molar-refractivity contribution in [3.05, 3.63) is 59.7 Å². The van der Waals surface area contributed by atoms with Gasteiger partial charge in [-0.2, -0.15) is 0 Å². The van der Waals surface area contributed by atoms with E-state index in [4.69, 9.17) is 9.47 Å². The number of benzene rings is 2. The zero-order valence-corrected chi connectivity index (χ0v) is 14.1. The van der Waals surface area contributed by atoms with Crippen LogP contribution in [0.25, 0.3) is 0 Å². The molecule has 0 saturated carbocycles. The Kier molecular flexibility index (Phi) is 6.01. The highest BCUT2D eigenvalue weighted by Crippen LogP contribution is 2.27. The Morgan fingerprint density at radius 3 is 2.26 bits per heavy atom. The molecule has 0 aliphatic carbocycles. The molecule has 1 N–H and O–H groups in total. The van der Waals surface area contributed by atoms with Gasteiger partial charge >= 0.3 is 0 Å². The van der Waals surface area contributed by atoms with Crippen LogP contribution in [0, 0.1) is 0 Å². The summed E-state index contributed by atoms with van der Waals surface area (Å²) >= 11 is 0. The van der Waals surface area contributed by atoms with Gasteiger partial charge in [-0.25, -0.2) is 13.1 Å². The van der Waals surface area contributed by atoms with Crippen molar-refractivity contribution >= 4 is 10.0 Å². The molecule has 0 atom stereocenters. The van der Waals surface area contributed by atoms with E-state index in [1.165, 1.54) is 0 Å². The second kappa shape index (κ2) is 7.99. The van der Waals surface area contributed by atoms with Crippen LogP contribution >= 0.6 is 0 Å². The molecule has 0 radical (unpaired) electrons. The second-order valence-electron chi connectivity index (χ2n) is 5.08. The van der Waals surface area contributed by atoms with Crippen molar-refractivity contribution < 1.29 is 17.9 Å². The maximum absolute atomic E-state index is 12.1. The van der Waals surface area contributed by atoms with Gasteiger partial charge in [-0.05, 0) is 29.7 Å². The lowest BCUT2D eigenvalue weighted by atomic mass is 10.1. The summed E-state index contributed by atoms with van der Waals surface area (Å²) in [7, 11) is -0.187. The molecule has 5 nitrogen and oxygen atoms in total. The molecule has 0 aliphatic rings. The van der Waals surface area contributed by atoms with Crippen molar-refractivity contribution in [3.63, 3.8) is 0 Å². The maximum atomic E-state index is 12.1. The fraction of sp³-hybridized carbons (Fsp3) is 0.294. The molecule has 0 spiro atoms. The number of hydrogen-bond acceptors (Lipinski definition) is 4. The van der Waals surface area contributed by atoms with Crippen molar-refractivity contribution in [2.45, 2.75) is 12.2 Å². The topological polar surface area (TPSA) is 64.6 Å². The molecule has 0 saturated heterocycles. The van der Waals surface area contributed by atoms with Gasteiger partial charge in [-0.15, -0.1) is 0 Å². The summed E-state index contributed by atoms with van der Waals surface area (Å²) in [4.78, 5) is 0. The van der Waals surface area contributed by atoms with Crippen molar-refractivity contribution in [3.8, 4) is 11.5 Å². The van der Waals surface area contributed by atoms with Crippen molar-refractivity contribution in [1.29, 1.82) is 0 Å². The largest absolute Gasteiger partial charge is 0.493 e. The zero-order chi connectivity index (χ0) is 16.7. The van der Waals surface area contributed by atoms with Crippen LogP contribution in [0.3, 0.4) is 0 Å². The van der Waals surface area contributed by atoms with Crippen LogP contribution in [0.15, 0.2) is 48.5 Å². The van der Waals surface area contributed by atoms with Gasteiger partial charge in [-0.3, -0.25) is 0 Å². The van der Waals surface area contributed by atoms with Gasteiger partial charge in [-0.1, -0.05) is 36.4 Å². The fourth-order valence-electron chi connectivity index (χ4n) is 2.23. The van der Waals surface area contributed by atoms with Gasteiger partial charge in [0.1, 0.15) is 0 Å². The molecular formula is C17H21NO4S. The molecule has 0 fully saturated rings. The summed E-state index contributed by atoms with van der Waals surface area (Å²) in [5.74, 6) is 1.28. The molecule has 124 valence electrons. The van der Waals surface area contributed by atoms with Crippen LogP contribution < -0.4 is 14.2 Å². The Hall–Kier alpha value is -2.05. The fourth-order valence-corrected chi connectivity index (χ4v) is 3.38. The number of nitrogens with one attached hydrogen (secondary N) is 1. The number of hydrogen-bond donors (Lipinski definition) is 1. The zero-order valence-electron chi connectivity index (χ0n) is 13.3. The first kappa shape index (κ1) is 17.3. The van der Waals surface area contributed by atoms with E-state index in [2.05, 4.69) is 4.72 Å². The third-order valence-corrected chi connectivity index (χ3v) is 4.74. The highest BCUT2D eigenvalue weighted by Gasteiger charge is 2.11. The predicted molar refractivity (Wildman–Crippen MR) is 90.3 cm³/mol. The molecular weight excluding hydrogens is 314 g/mol. The SMILES string of the molecule is COc1ccc(CCNS(=O)(=O)Cc2ccccc2)cc1OC. The highest BCUT2D eigenvalue weighted by molar-refractivity contribution is 7.88. The lowest BCUT2D eigenvalue weighted by molar-refractivity contribution is 0.354. The van der Waals surface area contributed by atoms with Crippen LogP contribution in [-0.4, -0.2) is 29.2 Å². The van der Waals surface area contributed by atoms with E-state index in [0.717, 1.165) is 11.1 Å². The minimum Gasteiger partial charge on any atom is -0.493 e. The molecule has 0 aromatic heterocycles. The second-order valence-corrected chi connectivity index (χ2v) is 6.89. The number of ether oxygens (including phenoxy) is 2. The Balaban J connectivity index is 1.91. The van der Waals surface area contributed by atoms with Crippen molar-refractivity contribution in [2.24, 2.45) is 0 Å². The quantitative estimate of drug-likeness (QED) is 0.804. The smallest absolute Gasteiger partial charge is 0.215 e. The Labute approximate surface area is 137 Å². The van der Waals surface area contributed by atoms with E-state index in [0.29, 0.717) is 24.5 Å². The van der Waals surface area contributed by atoms with Gasteiger partial charge in [0.15, 0.2) is 11.5 Å². The maximum Gasteiger partial charge on any atom is 0.215 e. The van der Waals surface area contributed by atoms with Crippen molar-refractivity contribution in [1.82, 2.24) is 4.72 Å². The van der Waals surface area contributed by atoms with Crippen LogP contribution in [0.1, 0.15) is 11.1 Å². The average molecular weight is 335 g/mol. The number of sulfonamides is 1. The van der Waals surface area contributed by atoms with E-state index >= 15 is 0 Å². The molecule has 0 aliphatic heterocycles. The van der Waals surface area contributed by atoms with E-state index in [-0.39, 0.29) is 5.75 Å². The lowest BCUT2D eigenvalue weighted by Crippen LogP contribution is -2.27. The Morgan fingerprint density at radius 1 is 0.913 bits per heavy atom. The summed E-state index contributed by atoms with van der Waals surface area (Å²) < 4.78 is 37.2. The first-order valence-corrected chi connectivity index (χ1v) is 8.91. The molecule has 2 rings (SSSR count). The van der Waals surface area contributed by atoms with Gasteiger partial charge in [0.25, 0.3) is 0 Å². The molecule has 0 bridgehead atoms. The molecule has 2 aromatic rings. The van der Waals surface area contributed by atoms with E-state index in [1.54, 1.807) is 26.4 Å². The van der Waals surface area contributed by atoms with E-state index < -0.39 is 10.0 Å². The van der Waals surface area contributed by atoms with Gasteiger partial charge < -0.3 is 9.47 Å². The molecule has 0 unspecified atom stereocenters. The van der Waals surface area contributed by atoms with E-state index in [9.17, 15) is 8.42 Å². The highest BCUT2D eigenvalue weighted by atomic mass is 32.2. The summed E-state index contributed by atoms with van der Waals surface area (Å²) in [5, 5.41) is 0. The van der Waals surface area contributed by atoms with Gasteiger partial charge in [0.2, 0.25) is 10.0 Å². The van der Waals surface area contributed by atoms with Crippen LogP contribution in [0.2, 0.25) is 0 Å². The average Bonchev–Trinajstić information content (AvgIpc) is 2.55. The molecule has 6 heteroatoms. The van der Waals surface area contributed by atoms with Gasteiger partial charge in [0, 0.05) is 6.54 Å². The standard InChI is InChI=1S/C17H21NO4S/c1-21-16-9-8-14(12-17(16)22-2)10-11-18-23(19,20)13-15-6-4-3-5-7-15/h3-9,12,18H,10-11,13H2,1-2H3. The molecule has 2 aromatic carbocycles. The summed E-state index contributed by atoms with van der Waals surface area (Å²) in [5.41, 5.74) is 1.75. The lowest BCUT2D eigenvalue weighted by Gasteiger charge is -2.10. The predicted octanol–water partition coefficient (Wildman–Crippen LogP) is 2.37. The summed E-state index contributed by atoms with van der Waals surface area (Å²) in [6.45, 7) is 0.338. The summed E-state index contributed by atoms with van der Waals surface area (Å²) in [6, 6.07) is 14.7. The normalized spacial score (nSPS) is 11.2. The van der Waals surface area contributed by atoms with Crippen LogP contribution in [0.4, 0.5) is 0 Å². The Bertz CT molecular complexity index is 730. The minimum atomic E-state index is -3.34. The Morgan fingerprint density at radius 2 is 1.61 bits per heavy atom.